The number of nitrogens with zero attached hydrogens (tertiary/aromatic N) is 3. The summed E-state index contributed by atoms with van der Waals surface area (Å²) >= 11 is 0. The zero-order valence-corrected chi connectivity index (χ0v) is 18.1. The van der Waals surface area contributed by atoms with E-state index in [0.29, 0.717) is 24.3 Å². The topological polar surface area (TPSA) is 91.3 Å². The van der Waals surface area contributed by atoms with E-state index in [4.69, 9.17) is 9.15 Å². The predicted octanol–water partition coefficient (Wildman–Crippen LogP) is 3.09. The molecule has 0 atom stereocenters. The number of aryl methyl sites for hydroxylation is 1. The third-order valence-corrected chi connectivity index (χ3v) is 5.92. The third-order valence-electron chi connectivity index (χ3n) is 5.92. The maximum atomic E-state index is 14.9. The monoisotopic (exact) mass is 450 g/mol. The highest BCUT2D eigenvalue weighted by Crippen LogP contribution is 2.23. The summed E-state index contributed by atoms with van der Waals surface area (Å²) < 4.78 is 28.7. The van der Waals surface area contributed by atoms with Crippen molar-refractivity contribution in [2.24, 2.45) is 7.05 Å². The van der Waals surface area contributed by atoms with Crippen molar-refractivity contribution in [1.29, 1.82) is 0 Å². The molecule has 0 bridgehead atoms. The van der Waals surface area contributed by atoms with Crippen LogP contribution in [-0.4, -0.2) is 39.5 Å². The minimum Gasteiger partial charge on any atom is -0.463 e. The Balaban J connectivity index is 1.46. The van der Waals surface area contributed by atoms with E-state index in [1.165, 1.54) is 29.2 Å². The molecule has 9 heteroatoms. The van der Waals surface area contributed by atoms with Gasteiger partial charge in [0.05, 0.1) is 30.0 Å². The fourth-order valence-electron chi connectivity index (χ4n) is 4.11. The Hall–Kier alpha value is -3.72. The average Bonchev–Trinajstić information content (AvgIpc) is 3.47. The van der Waals surface area contributed by atoms with Crippen molar-refractivity contribution in [3.05, 3.63) is 76.4 Å². The summed E-state index contributed by atoms with van der Waals surface area (Å²) in [5, 5.41) is 7.38. The first kappa shape index (κ1) is 21.1. The van der Waals surface area contributed by atoms with Crippen LogP contribution < -0.4 is 10.9 Å². The van der Waals surface area contributed by atoms with Crippen molar-refractivity contribution in [1.82, 2.24) is 19.7 Å². The molecule has 1 amide bonds. The van der Waals surface area contributed by atoms with Crippen LogP contribution in [-0.2, 0) is 18.3 Å². The average molecular weight is 450 g/mol. The van der Waals surface area contributed by atoms with Crippen LogP contribution in [0.4, 0.5) is 4.39 Å². The Labute approximate surface area is 188 Å². The van der Waals surface area contributed by atoms with Crippen LogP contribution in [0.5, 0.6) is 0 Å². The Morgan fingerprint density at radius 2 is 2.03 bits per heavy atom. The lowest BCUT2D eigenvalue weighted by Crippen LogP contribution is -2.39. The van der Waals surface area contributed by atoms with E-state index in [2.05, 4.69) is 10.4 Å². The molecule has 170 valence electrons. The Kier molecular flexibility index (Phi) is 5.55. The second kappa shape index (κ2) is 8.67. The third kappa shape index (κ3) is 4.19. The van der Waals surface area contributed by atoms with Gasteiger partial charge in [-0.15, -0.1) is 0 Å². The van der Waals surface area contributed by atoms with E-state index < -0.39 is 5.82 Å². The number of carbonyl (C=O) groups excluding carboxylic acids is 1. The number of rotatable bonds is 5. The molecule has 0 saturated carbocycles. The van der Waals surface area contributed by atoms with Gasteiger partial charge in [0.2, 0.25) is 0 Å². The van der Waals surface area contributed by atoms with Gasteiger partial charge in [0.25, 0.3) is 11.5 Å². The van der Waals surface area contributed by atoms with E-state index in [1.807, 2.05) is 0 Å². The molecule has 8 nitrogen and oxygen atoms in total. The standard InChI is InChI=1S/C24H23FN4O4/c1-28-12-17(11-26-28)15-2-3-16(21(25)10-15)13-29-14-20(22-19(24(29)31)6-9-33-22)23(30)27-18-4-7-32-8-5-18/h2-3,6,9-12,14,18H,4-5,7-8,13H2,1H3,(H,27,30). The highest BCUT2D eigenvalue weighted by atomic mass is 19.1. The molecule has 0 spiro atoms. The van der Waals surface area contributed by atoms with Crippen LogP contribution >= 0.6 is 0 Å². The van der Waals surface area contributed by atoms with Crippen molar-refractivity contribution in [2.75, 3.05) is 13.2 Å². The number of nitrogens with one attached hydrogen (secondary N) is 1. The molecule has 33 heavy (non-hydrogen) atoms. The predicted molar refractivity (Wildman–Crippen MR) is 119 cm³/mol. The van der Waals surface area contributed by atoms with Crippen LogP contribution in [0.1, 0.15) is 28.8 Å². The number of hydrogen-bond acceptors (Lipinski definition) is 5. The van der Waals surface area contributed by atoms with Crippen LogP contribution in [0.15, 0.2) is 58.3 Å². The summed E-state index contributed by atoms with van der Waals surface area (Å²) in [7, 11) is 1.79. The first-order chi connectivity index (χ1) is 16.0. The van der Waals surface area contributed by atoms with Gasteiger partial charge in [0, 0.05) is 49.8 Å². The largest absolute Gasteiger partial charge is 0.463 e. The lowest BCUT2D eigenvalue weighted by molar-refractivity contribution is 0.0696. The van der Waals surface area contributed by atoms with Gasteiger partial charge in [-0.05, 0) is 30.5 Å². The lowest BCUT2D eigenvalue weighted by Gasteiger charge is -2.23. The number of aromatic nitrogens is 3. The van der Waals surface area contributed by atoms with Crippen molar-refractivity contribution in [3.8, 4) is 11.1 Å². The number of hydrogen-bond donors (Lipinski definition) is 1. The van der Waals surface area contributed by atoms with Crippen molar-refractivity contribution >= 4 is 16.9 Å². The van der Waals surface area contributed by atoms with E-state index in [-0.39, 0.29) is 40.6 Å². The Bertz CT molecular complexity index is 1380. The Morgan fingerprint density at radius 1 is 1.21 bits per heavy atom. The van der Waals surface area contributed by atoms with Crippen LogP contribution in [0, 0.1) is 5.82 Å². The Morgan fingerprint density at radius 3 is 2.76 bits per heavy atom. The minimum atomic E-state index is -0.441. The summed E-state index contributed by atoms with van der Waals surface area (Å²) in [5.41, 5.74) is 1.95. The van der Waals surface area contributed by atoms with Crippen molar-refractivity contribution in [2.45, 2.75) is 25.4 Å². The van der Waals surface area contributed by atoms with Gasteiger partial charge in [-0.25, -0.2) is 4.39 Å². The quantitative estimate of drug-likeness (QED) is 0.505. The molecule has 1 aliphatic rings. The SMILES string of the molecule is Cn1cc(-c2ccc(Cn3cc(C(=O)NC4CCOCC4)c4occc4c3=O)c(F)c2)cn1. The van der Waals surface area contributed by atoms with Gasteiger partial charge in [-0.3, -0.25) is 14.3 Å². The van der Waals surface area contributed by atoms with E-state index in [0.717, 1.165) is 18.4 Å². The molecular weight excluding hydrogens is 427 g/mol. The first-order valence-electron chi connectivity index (χ1n) is 10.8. The zero-order chi connectivity index (χ0) is 22.9. The normalized spacial score (nSPS) is 14.6. The van der Waals surface area contributed by atoms with Gasteiger partial charge in [-0.2, -0.15) is 5.10 Å². The second-order valence-corrected chi connectivity index (χ2v) is 8.21. The summed E-state index contributed by atoms with van der Waals surface area (Å²) in [5.74, 6) is -0.772. The molecule has 4 heterocycles. The van der Waals surface area contributed by atoms with Gasteiger partial charge < -0.3 is 19.0 Å². The molecule has 3 aromatic heterocycles. The number of furan rings is 1. The molecule has 1 N–H and O–H groups in total. The number of benzene rings is 1. The van der Waals surface area contributed by atoms with E-state index in [1.54, 1.807) is 36.3 Å². The smallest absolute Gasteiger partial charge is 0.262 e. The maximum absolute atomic E-state index is 14.9. The van der Waals surface area contributed by atoms with E-state index >= 15 is 0 Å². The molecule has 4 aromatic rings. The van der Waals surface area contributed by atoms with Gasteiger partial charge in [-0.1, -0.05) is 12.1 Å². The first-order valence-corrected chi connectivity index (χ1v) is 10.8. The molecule has 0 aliphatic carbocycles. The maximum Gasteiger partial charge on any atom is 0.262 e. The lowest BCUT2D eigenvalue weighted by atomic mass is 10.1. The summed E-state index contributed by atoms with van der Waals surface area (Å²) in [4.78, 5) is 26.0. The van der Waals surface area contributed by atoms with Gasteiger partial charge >= 0.3 is 0 Å². The number of amides is 1. The molecule has 1 fully saturated rings. The van der Waals surface area contributed by atoms with Crippen molar-refractivity contribution in [3.63, 3.8) is 0 Å². The number of fused-ring (bicyclic) bond motifs is 1. The molecule has 1 aromatic carbocycles. The van der Waals surface area contributed by atoms with Crippen molar-refractivity contribution < 1.29 is 18.3 Å². The fourth-order valence-corrected chi connectivity index (χ4v) is 4.11. The molecule has 5 rings (SSSR count). The zero-order valence-electron chi connectivity index (χ0n) is 18.1. The van der Waals surface area contributed by atoms with Crippen LogP contribution in [0.25, 0.3) is 22.1 Å². The number of ether oxygens (including phenoxy) is 1. The molecule has 0 unspecified atom stereocenters. The minimum absolute atomic E-state index is 0.00546. The fraction of sp³-hybridized carbons (Fsp3) is 0.292. The van der Waals surface area contributed by atoms with Crippen LogP contribution in [0.3, 0.4) is 0 Å². The summed E-state index contributed by atoms with van der Waals surface area (Å²) in [6, 6.07) is 6.38. The van der Waals surface area contributed by atoms with Crippen LogP contribution in [0.2, 0.25) is 0 Å². The number of carbonyl (C=O) groups is 1. The summed E-state index contributed by atoms with van der Waals surface area (Å²) in [6.07, 6.45) is 7.73. The van der Waals surface area contributed by atoms with Gasteiger partial charge in [0.15, 0.2) is 5.58 Å². The van der Waals surface area contributed by atoms with Gasteiger partial charge in [0.1, 0.15) is 5.82 Å². The summed E-state index contributed by atoms with van der Waals surface area (Å²) in [6.45, 7) is 1.17. The van der Waals surface area contributed by atoms with E-state index in [9.17, 15) is 14.0 Å². The highest BCUT2D eigenvalue weighted by Gasteiger charge is 2.22. The molecule has 1 saturated heterocycles. The molecule has 0 radical (unpaired) electrons. The second-order valence-electron chi connectivity index (χ2n) is 8.21. The number of pyridine rings is 1. The highest BCUT2D eigenvalue weighted by molar-refractivity contribution is 6.04. The molecule has 1 aliphatic heterocycles. The molecular formula is C24H23FN4O4. The number of halogens is 1.